The zero-order chi connectivity index (χ0) is 14.8. The van der Waals surface area contributed by atoms with E-state index in [4.69, 9.17) is 4.74 Å². The van der Waals surface area contributed by atoms with Crippen LogP contribution in [0.25, 0.3) is 0 Å². The van der Waals surface area contributed by atoms with Crippen molar-refractivity contribution in [2.75, 3.05) is 0 Å². The lowest BCUT2D eigenvalue weighted by atomic mass is 9.92. The van der Waals surface area contributed by atoms with E-state index in [2.05, 4.69) is 0 Å². The number of hydrogen-bond acceptors (Lipinski definition) is 2. The van der Waals surface area contributed by atoms with E-state index in [1.165, 1.54) is 6.07 Å². The maximum Gasteiger partial charge on any atom is 0.306 e. The van der Waals surface area contributed by atoms with Crippen LogP contribution in [0.2, 0.25) is 0 Å². The van der Waals surface area contributed by atoms with Crippen LogP contribution in [0.1, 0.15) is 38.7 Å². The van der Waals surface area contributed by atoms with Crippen LogP contribution in [0.3, 0.4) is 0 Å². The second kappa shape index (κ2) is 5.92. The van der Waals surface area contributed by atoms with Crippen molar-refractivity contribution in [1.29, 1.82) is 0 Å². The first-order chi connectivity index (χ1) is 9.37. The fourth-order valence-electron chi connectivity index (χ4n) is 2.76. The fraction of sp³-hybridized carbons (Fsp3) is 0.562. The summed E-state index contributed by atoms with van der Waals surface area (Å²) in [7, 11) is 0. The number of aliphatic carboxylic acids is 1. The van der Waals surface area contributed by atoms with E-state index in [9.17, 15) is 14.3 Å². The minimum absolute atomic E-state index is 0.0436. The standard InChI is InChI=1S/C16H21FO3/c1-16(2)8-7-13(20-16)10-12(15(18)19)9-11-5-3-4-6-14(11)17/h3-6,12-13H,7-10H2,1-2H3,(H,18,19). The van der Waals surface area contributed by atoms with Gasteiger partial charge in [-0.1, -0.05) is 18.2 Å². The fourth-order valence-corrected chi connectivity index (χ4v) is 2.76. The van der Waals surface area contributed by atoms with Gasteiger partial charge in [0.05, 0.1) is 17.6 Å². The SMILES string of the molecule is CC1(C)CCC(CC(Cc2ccccc2F)C(=O)O)O1. The van der Waals surface area contributed by atoms with Gasteiger partial charge in [0.2, 0.25) is 0 Å². The maximum atomic E-state index is 13.6. The van der Waals surface area contributed by atoms with Crippen LogP contribution >= 0.6 is 0 Å². The first-order valence-electron chi connectivity index (χ1n) is 7.01. The van der Waals surface area contributed by atoms with E-state index in [-0.39, 0.29) is 23.9 Å². The Bertz CT molecular complexity index is 484. The molecule has 0 spiro atoms. The minimum atomic E-state index is -0.887. The molecule has 0 aliphatic carbocycles. The van der Waals surface area contributed by atoms with Crippen molar-refractivity contribution in [1.82, 2.24) is 0 Å². The molecule has 2 rings (SSSR count). The summed E-state index contributed by atoms with van der Waals surface area (Å²) in [6, 6.07) is 6.35. The van der Waals surface area contributed by atoms with Gasteiger partial charge in [-0.3, -0.25) is 4.79 Å². The van der Waals surface area contributed by atoms with Gasteiger partial charge >= 0.3 is 5.97 Å². The summed E-state index contributed by atoms with van der Waals surface area (Å²) < 4.78 is 19.5. The summed E-state index contributed by atoms with van der Waals surface area (Å²) in [5.74, 6) is -1.83. The second-order valence-electron chi connectivity index (χ2n) is 6.10. The Morgan fingerprint density at radius 3 is 2.75 bits per heavy atom. The van der Waals surface area contributed by atoms with Crippen molar-refractivity contribution < 1.29 is 19.0 Å². The van der Waals surface area contributed by atoms with E-state index >= 15 is 0 Å². The Balaban J connectivity index is 2.02. The lowest BCUT2D eigenvalue weighted by molar-refractivity contribution is -0.143. The molecule has 0 saturated carbocycles. The number of ether oxygens (including phenoxy) is 1. The van der Waals surface area contributed by atoms with Crippen LogP contribution < -0.4 is 0 Å². The molecule has 0 aromatic heterocycles. The molecule has 0 radical (unpaired) electrons. The maximum absolute atomic E-state index is 13.6. The Labute approximate surface area is 118 Å². The van der Waals surface area contributed by atoms with Crippen molar-refractivity contribution in [2.24, 2.45) is 5.92 Å². The summed E-state index contributed by atoms with van der Waals surface area (Å²) in [4.78, 5) is 11.4. The molecule has 1 aromatic carbocycles. The molecule has 2 unspecified atom stereocenters. The Hall–Kier alpha value is -1.42. The van der Waals surface area contributed by atoms with Gasteiger partial charge in [0.25, 0.3) is 0 Å². The van der Waals surface area contributed by atoms with Gasteiger partial charge in [-0.05, 0) is 51.2 Å². The number of carbonyl (C=O) groups is 1. The molecule has 1 saturated heterocycles. The van der Waals surface area contributed by atoms with Crippen LogP contribution in [0, 0.1) is 11.7 Å². The van der Waals surface area contributed by atoms with Crippen molar-refractivity contribution in [3.05, 3.63) is 35.6 Å². The molecule has 3 nitrogen and oxygen atoms in total. The summed E-state index contributed by atoms with van der Waals surface area (Å²) in [5, 5.41) is 9.34. The number of carboxylic acid groups (broad SMARTS) is 1. The van der Waals surface area contributed by atoms with E-state index < -0.39 is 11.9 Å². The Kier molecular flexibility index (Phi) is 4.43. The number of rotatable bonds is 5. The first-order valence-corrected chi connectivity index (χ1v) is 7.01. The lowest BCUT2D eigenvalue weighted by Gasteiger charge is -2.21. The molecular weight excluding hydrogens is 259 g/mol. The largest absolute Gasteiger partial charge is 0.481 e. The highest BCUT2D eigenvalue weighted by atomic mass is 19.1. The Morgan fingerprint density at radius 1 is 1.50 bits per heavy atom. The van der Waals surface area contributed by atoms with Crippen LogP contribution in [-0.4, -0.2) is 22.8 Å². The van der Waals surface area contributed by atoms with E-state index in [1.54, 1.807) is 18.2 Å². The molecule has 2 atom stereocenters. The Morgan fingerprint density at radius 2 is 2.20 bits per heavy atom. The van der Waals surface area contributed by atoms with E-state index in [0.717, 1.165) is 12.8 Å². The molecule has 110 valence electrons. The molecule has 20 heavy (non-hydrogen) atoms. The first kappa shape index (κ1) is 15.0. The highest BCUT2D eigenvalue weighted by Crippen LogP contribution is 2.33. The van der Waals surface area contributed by atoms with Crippen LogP contribution in [-0.2, 0) is 16.0 Å². The van der Waals surface area contributed by atoms with Crippen LogP contribution in [0.15, 0.2) is 24.3 Å². The zero-order valence-corrected chi connectivity index (χ0v) is 11.9. The number of halogens is 1. The van der Waals surface area contributed by atoms with Gasteiger partial charge in [-0.2, -0.15) is 0 Å². The van der Waals surface area contributed by atoms with Gasteiger partial charge in [-0.25, -0.2) is 4.39 Å². The normalized spacial score (nSPS) is 22.6. The summed E-state index contributed by atoms with van der Waals surface area (Å²) in [5.41, 5.74) is 0.281. The molecule has 1 N–H and O–H groups in total. The van der Waals surface area contributed by atoms with Gasteiger partial charge in [0, 0.05) is 0 Å². The number of benzene rings is 1. The minimum Gasteiger partial charge on any atom is -0.481 e. The van der Waals surface area contributed by atoms with Gasteiger partial charge in [0.15, 0.2) is 0 Å². The molecule has 4 heteroatoms. The molecule has 0 bridgehead atoms. The van der Waals surface area contributed by atoms with Gasteiger partial charge < -0.3 is 9.84 Å². The third kappa shape index (κ3) is 3.79. The molecule has 1 aliphatic heterocycles. The number of hydrogen-bond donors (Lipinski definition) is 1. The highest BCUT2D eigenvalue weighted by molar-refractivity contribution is 5.70. The molecule has 1 aromatic rings. The summed E-state index contributed by atoms with van der Waals surface area (Å²) in [6.07, 6.45) is 2.41. The summed E-state index contributed by atoms with van der Waals surface area (Å²) in [6.45, 7) is 4.03. The molecule has 0 amide bonds. The quantitative estimate of drug-likeness (QED) is 0.899. The van der Waals surface area contributed by atoms with Crippen LogP contribution in [0.4, 0.5) is 4.39 Å². The molecule has 1 aliphatic rings. The van der Waals surface area contributed by atoms with E-state index in [0.29, 0.717) is 12.0 Å². The predicted molar refractivity (Wildman–Crippen MR) is 74.0 cm³/mol. The third-order valence-corrected chi connectivity index (χ3v) is 3.87. The highest BCUT2D eigenvalue weighted by Gasteiger charge is 2.34. The van der Waals surface area contributed by atoms with E-state index in [1.807, 2.05) is 13.8 Å². The predicted octanol–water partition coefficient (Wildman–Crippen LogP) is 3.42. The van der Waals surface area contributed by atoms with Gasteiger partial charge in [-0.15, -0.1) is 0 Å². The average Bonchev–Trinajstić information content (AvgIpc) is 2.70. The summed E-state index contributed by atoms with van der Waals surface area (Å²) >= 11 is 0. The monoisotopic (exact) mass is 280 g/mol. The topological polar surface area (TPSA) is 46.5 Å². The average molecular weight is 280 g/mol. The second-order valence-corrected chi connectivity index (χ2v) is 6.10. The van der Waals surface area contributed by atoms with Crippen molar-refractivity contribution >= 4 is 5.97 Å². The van der Waals surface area contributed by atoms with Crippen molar-refractivity contribution in [2.45, 2.75) is 51.2 Å². The van der Waals surface area contributed by atoms with Crippen molar-refractivity contribution in [3.8, 4) is 0 Å². The zero-order valence-electron chi connectivity index (χ0n) is 11.9. The molecule has 1 fully saturated rings. The van der Waals surface area contributed by atoms with Gasteiger partial charge in [0.1, 0.15) is 5.82 Å². The van der Waals surface area contributed by atoms with Crippen LogP contribution in [0.5, 0.6) is 0 Å². The number of carboxylic acids is 1. The lowest BCUT2D eigenvalue weighted by Crippen LogP contribution is -2.25. The third-order valence-electron chi connectivity index (χ3n) is 3.87. The molecular formula is C16H21FO3. The smallest absolute Gasteiger partial charge is 0.306 e. The van der Waals surface area contributed by atoms with Crippen molar-refractivity contribution in [3.63, 3.8) is 0 Å². The molecule has 1 heterocycles.